The molecule has 1 atom stereocenters. The van der Waals surface area contributed by atoms with Gasteiger partial charge in [-0.2, -0.15) is 0 Å². The quantitative estimate of drug-likeness (QED) is 0.913. The number of halogens is 1. The summed E-state index contributed by atoms with van der Waals surface area (Å²) in [6, 6.07) is 6.26. The fraction of sp³-hybridized carbons (Fsp3) is 0.333. The van der Waals surface area contributed by atoms with Crippen LogP contribution in [-0.2, 0) is 4.79 Å². The van der Waals surface area contributed by atoms with Crippen LogP contribution in [0, 0.1) is 0 Å². The van der Waals surface area contributed by atoms with Gasteiger partial charge in [-0.15, -0.1) is 0 Å². The van der Waals surface area contributed by atoms with E-state index in [2.05, 4.69) is 0 Å². The van der Waals surface area contributed by atoms with Gasteiger partial charge >= 0.3 is 12.0 Å². The van der Waals surface area contributed by atoms with E-state index in [-0.39, 0.29) is 18.5 Å². The minimum absolute atomic E-state index is 0.0707. The molecule has 2 rings (SSSR count). The lowest BCUT2D eigenvalue weighted by Gasteiger charge is -2.22. The number of carbonyl (C=O) groups excluding carboxylic acids is 1. The molecule has 1 aromatic rings. The number of carboxylic acid groups (broad SMARTS) is 1. The highest BCUT2D eigenvalue weighted by molar-refractivity contribution is 6.30. The van der Waals surface area contributed by atoms with Crippen molar-refractivity contribution in [2.75, 3.05) is 18.5 Å². The second-order valence-electron chi connectivity index (χ2n) is 4.26. The number of rotatable bonds is 3. The maximum absolute atomic E-state index is 12.0. The summed E-state index contributed by atoms with van der Waals surface area (Å²) in [6.45, 7) is 0.410. The van der Waals surface area contributed by atoms with Crippen molar-refractivity contribution in [3.05, 3.63) is 29.3 Å². The van der Waals surface area contributed by atoms with E-state index in [0.29, 0.717) is 17.3 Å². The molecule has 1 fully saturated rings. The first kappa shape index (κ1) is 12.7. The average Bonchev–Trinajstić information content (AvgIpc) is 2.55. The highest BCUT2D eigenvalue weighted by atomic mass is 35.5. The number of amides is 2. The van der Waals surface area contributed by atoms with Gasteiger partial charge < -0.3 is 10.0 Å². The Kier molecular flexibility index (Phi) is 3.43. The van der Waals surface area contributed by atoms with E-state index < -0.39 is 5.97 Å². The van der Waals surface area contributed by atoms with Crippen molar-refractivity contribution in [2.24, 2.45) is 0 Å². The van der Waals surface area contributed by atoms with E-state index in [1.165, 1.54) is 9.80 Å². The molecule has 0 aromatic heterocycles. The van der Waals surface area contributed by atoms with Gasteiger partial charge in [0.15, 0.2) is 0 Å². The Balaban J connectivity index is 2.29. The van der Waals surface area contributed by atoms with Crippen LogP contribution in [-0.4, -0.2) is 41.6 Å². The molecule has 1 aliphatic heterocycles. The summed E-state index contributed by atoms with van der Waals surface area (Å²) >= 11 is 5.80. The molecule has 1 saturated heterocycles. The number of anilines is 1. The molecule has 1 heterocycles. The Morgan fingerprint density at radius 1 is 1.44 bits per heavy atom. The minimum atomic E-state index is -0.915. The monoisotopic (exact) mass is 268 g/mol. The summed E-state index contributed by atoms with van der Waals surface area (Å²) in [5.74, 6) is -0.915. The zero-order valence-corrected chi connectivity index (χ0v) is 10.6. The van der Waals surface area contributed by atoms with E-state index in [4.69, 9.17) is 16.7 Å². The van der Waals surface area contributed by atoms with Gasteiger partial charge in [0.05, 0.1) is 12.5 Å². The zero-order chi connectivity index (χ0) is 13.3. The van der Waals surface area contributed by atoms with Crippen molar-refractivity contribution in [3.8, 4) is 0 Å². The Labute approximate surface area is 110 Å². The maximum atomic E-state index is 12.0. The van der Waals surface area contributed by atoms with Gasteiger partial charge in [-0.05, 0) is 24.3 Å². The molecule has 0 bridgehead atoms. The normalized spacial score (nSPS) is 19.4. The van der Waals surface area contributed by atoms with Crippen LogP contribution < -0.4 is 4.90 Å². The largest absolute Gasteiger partial charge is 0.481 e. The molecule has 1 aliphatic rings. The number of urea groups is 1. The van der Waals surface area contributed by atoms with Crippen LogP contribution in [0.5, 0.6) is 0 Å². The predicted octanol–water partition coefficient (Wildman–Crippen LogP) is 2.06. The van der Waals surface area contributed by atoms with Gasteiger partial charge in [-0.1, -0.05) is 11.6 Å². The van der Waals surface area contributed by atoms with Crippen LogP contribution in [0.3, 0.4) is 0 Å². The number of carboxylic acids is 1. The first-order chi connectivity index (χ1) is 8.49. The smallest absolute Gasteiger partial charge is 0.324 e. The molecule has 0 aliphatic carbocycles. The number of nitrogens with zero attached hydrogens (tertiary/aromatic N) is 2. The van der Waals surface area contributed by atoms with Crippen molar-refractivity contribution in [2.45, 2.75) is 12.5 Å². The second-order valence-corrected chi connectivity index (χ2v) is 4.70. The van der Waals surface area contributed by atoms with Crippen molar-refractivity contribution in [1.82, 2.24) is 4.90 Å². The third kappa shape index (κ3) is 2.41. The van der Waals surface area contributed by atoms with Crippen LogP contribution in [0.15, 0.2) is 24.3 Å². The molecule has 1 N–H and O–H groups in total. The number of carbonyl (C=O) groups is 2. The molecule has 5 nitrogen and oxygen atoms in total. The summed E-state index contributed by atoms with van der Waals surface area (Å²) in [5, 5.41) is 9.45. The van der Waals surface area contributed by atoms with E-state index in [9.17, 15) is 9.59 Å². The van der Waals surface area contributed by atoms with Crippen molar-refractivity contribution >= 4 is 29.3 Å². The minimum Gasteiger partial charge on any atom is -0.481 e. The van der Waals surface area contributed by atoms with Gasteiger partial charge in [0.25, 0.3) is 0 Å². The second kappa shape index (κ2) is 4.86. The molecule has 6 heteroatoms. The van der Waals surface area contributed by atoms with Crippen molar-refractivity contribution in [1.29, 1.82) is 0 Å². The highest BCUT2D eigenvalue weighted by Crippen LogP contribution is 2.26. The maximum Gasteiger partial charge on any atom is 0.324 e. The number of hydrogen-bond donors (Lipinski definition) is 1. The topological polar surface area (TPSA) is 60.9 Å². The fourth-order valence-electron chi connectivity index (χ4n) is 2.10. The molecule has 0 radical (unpaired) electrons. The Hall–Kier alpha value is -1.75. The fourth-order valence-corrected chi connectivity index (χ4v) is 2.22. The molecular formula is C12H13ClN2O3. The molecule has 0 saturated carbocycles. The van der Waals surface area contributed by atoms with Crippen molar-refractivity contribution < 1.29 is 14.7 Å². The Morgan fingerprint density at radius 3 is 2.61 bits per heavy atom. The van der Waals surface area contributed by atoms with Gasteiger partial charge in [0.2, 0.25) is 0 Å². The van der Waals surface area contributed by atoms with Gasteiger partial charge in [0.1, 0.15) is 0 Å². The highest BCUT2D eigenvalue weighted by Gasteiger charge is 2.37. The van der Waals surface area contributed by atoms with Crippen LogP contribution in [0.2, 0.25) is 5.02 Å². The lowest BCUT2D eigenvalue weighted by molar-refractivity contribution is -0.137. The van der Waals surface area contributed by atoms with Crippen molar-refractivity contribution in [3.63, 3.8) is 0 Å². The molecule has 1 unspecified atom stereocenters. The van der Waals surface area contributed by atoms with Gasteiger partial charge in [0, 0.05) is 24.3 Å². The van der Waals surface area contributed by atoms with E-state index in [1.807, 2.05) is 0 Å². The third-order valence-corrected chi connectivity index (χ3v) is 3.15. The lowest BCUT2D eigenvalue weighted by atomic mass is 10.2. The summed E-state index contributed by atoms with van der Waals surface area (Å²) in [5.41, 5.74) is 0.667. The number of likely N-dealkylation sites (N-methyl/N-ethyl adjacent to an activating group) is 1. The third-order valence-electron chi connectivity index (χ3n) is 2.90. The number of aliphatic carboxylic acids is 1. The molecule has 18 heavy (non-hydrogen) atoms. The van der Waals surface area contributed by atoms with E-state index in [1.54, 1.807) is 31.3 Å². The zero-order valence-electron chi connectivity index (χ0n) is 9.84. The van der Waals surface area contributed by atoms with E-state index in [0.717, 1.165) is 0 Å². The molecule has 96 valence electrons. The standard InChI is InChI=1S/C12H13ClN2O3/c1-14-7-10(6-11(16)17)15(12(14)18)9-4-2-8(13)3-5-9/h2-5,10H,6-7H2,1H3,(H,16,17). The Morgan fingerprint density at radius 2 is 2.06 bits per heavy atom. The Bertz CT molecular complexity index is 475. The predicted molar refractivity (Wildman–Crippen MR) is 68.0 cm³/mol. The van der Waals surface area contributed by atoms with Crippen LogP contribution in [0.1, 0.15) is 6.42 Å². The lowest BCUT2D eigenvalue weighted by Crippen LogP contribution is -2.35. The van der Waals surface area contributed by atoms with Crippen LogP contribution in [0.25, 0.3) is 0 Å². The summed E-state index contributed by atoms with van der Waals surface area (Å²) in [4.78, 5) is 25.9. The summed E-state index contributed by atoms with van der Waals surface area (Å²) in [6.07, 6.45) is -0.0707. The van der Waals surface area contributed by atoms with Crippen LogP contribution in [0.4, 0.5) is 10.5 Å². The molecule has 1 aromatic carbocycles. The molecule has 0 spiro atoms. The average molecular weight is 269 g/mol. The summed E-state index contributed by atoms with van der Waals surface area (Å²) in [7, 11) is 1.66. The first-order valence-corrected chi connectivity index (χ1v) is 5.88. The molecule has 2 amide bonds. The number of hydrogen-bond acceptors (Lipinski definition) is 2. The summed E-state index contributed by atoms with van der Waals surface area (Å²) < 4.78 is 0. The number of benzene rings is 1. The first-order valence-electron chi connectivity index (χ1n) is 5.50. The SMILES string of the molecule is CN1CC(CC(=O)O)N(c2ccc(Cl)cc2)C1=O. The molecular weight excluding hydrogens is 256 g/mol. The van der Waals surface area contributed by atoms with Gasteiger partial charge in [-0.3, -0.25) is 9.69 Å². The van der Waals surface area contributed by atoms with Gasteiger partial charge in [-0.25, -0.2) is 4.79 Å². The van der Waals surface area contributed by atoms with Crippen LogP contribution >= 0.6 is 11.6 Å². The van der Waals surface area contributed by atoms with E-state index >= 15 is 0 Å².